The molecule has 0 spiro atoms. The molecule has 0 aromatic heterocycles. The van der Waals surface area contributed by atoms with Crippen molar-refractivity contribution in [2.24, 2.45) is 35.0 Å². The van der Waals surface area contributed by atoms with Gasteiger partial charge in [0.25, 0.3) is 0 Å². The minimum atomic E-state index is -0.426. The van der Waals surface area contributed by atoms with E-state index in [2.05, 4.69) is 20.4 Å². The van der Waals surface area contributed by atoms with Crippen LogP contribution >= 0.6 is 0 Å². The number of carbonyl (C=O) groups excluding carboxylic acids is 3. The highest BCUT2D eigenvalue weighted by Crippen LogP contribution is 2.58. The summed E-state index contributed by atoms with van der Waals surface area (Å²) in [5.41, 5.74) is 0.0774. The highest BCUT2D eigenvalue weighted by molar-refractivity contribution is 5.90. The van der Waals surface area contributed by atoms with Crippen LogP contribution in [0, 0.1) is 35.0 Å². The minimum absolute atomic E-state index is 0.0224. The molecular weight excluding hydrogens is 384 g/mol. The number of hydrogen-bond acceptors (Lipinski definition) is 6. The van der Waals surface area contributed by atoms with E-state index in [1.165, 1.54) is 0 Å². The SMILES string of the molecule is C=C1C(=O)O[C@H]2C[C@@H](C)[C@@H]3[C@@H](OC(=O)C(C)C)C[C@@H](OC(=O)CC(C)C)[C@@]3(C)C[C@H]12. The molecule has 6 nitrogen and oxygen atoms in total. The minimum Gasteiger partial charge on any atom is -0.462 e. The van der Waals surface area contributed by atoms with Crippen molar-refractivity contribution in [1.29, 1.82) is 0 Å². The molecule has 0 unspecified atom stereocenters. The fourth-order valence-electron chi connectivity index (χ4n) is 5.80. The Balaban J connectivity index is 1.93. The standard InChI is InChI=1S/C24H36O6/c1-12(2)8-20(25)30-19-10-18(29-22(26)13(3)4)21-14(5)9-17-16(11-24(19,21)7)15(6)23(27)28-17/h12-14,16-19,21H,6,8-11H2,1-5,7H3/t14-,16-,17+,18+,19-,21-,24-/m1/s1. The lowest BCUT2D eigenvalue weighted by atomic mass is 9.69. The Kier molecular flexibility index (Phi) is 6.35. The van der Waals surface area contributed by atoms with E-state index in [0.717, 1.165) is 0 Å². The first-order valence-electron chi connectivity index (χ1n) is 11.2. The zero-order valence-corrected chi connectivity index (χ0v) is 19.1. The number of ether oxygens (including phenoxy) is 3. The van der Waals surface area contributed by atoms with E-state index < -0.39 is 5.41 Å². The molecule has 6 heteroatoms. The van der Waals surface area contributed by atoms with E-state index in [1.807, 2.05) is 27.7 Å². The predicted octanol–water partition coefficient (Wildman–Crippen LogP) is 4.07. The van der Waals surface area contributed by atoms with Gasteiger partial charge in [-0.1, -0.05) is 48.1 Å². The molecule has 0 amide bonds. The largest absolute Gasteiger partial charge is 0.462 e. The second kappa shape index (κ2) is 8.35. The van der Waals surface area contributed by atoms with E-state index in [0.29, 0.717) is 31.3 Å². The molecule has 3 rings (SSSR count). The van der Waals surface area contributed by atoms with Crippen molar-refractivity contribution >= 4 is 17.9 Å². The second-order valence-corrected chi connectivity index (χ2v) is 10.5. The van der Waals surface area contributed by atoms with E-state index in [-0.39, 0.29) is 65.8 Å². The maximum Gasteiger partial charge on any atom is 0.334 e. The van der Waals surface area contributed by atoms with Crippen LogP contribution < -0.4 is 0 Å². The lowest BCUT2D eigenvalue weighted by Crippen LogP contribution is -2.40. The normalized spacial score (nSPS) is 38.1. The lowest BCUT2D eigenvalue weighted by Gasteiger charge is -2.39. The molecule has 3 aliphatic rings. The molecule has 3 fully saturated rings. The smallest absolute Gasteiger partial charge is 0.334 e. The van der Waals surface area contributed by atoms with Crippen LogP contribution in [0.25, 0.3) is 0 Å². The van der Waals surface area contributed by atoms with Crippen molar-refractivity contribution in [2.75, 3.05) is 0 Å². The number of carbonyl (C=O) groups is 3. The van der Waals surface area contributed by atoms with Crippen LogP contribution in [-0.2, 0) is 28.6 Å². The fourth-order valence-corrected chi connectivity index (χ4v) is 5.80. The number of hydrogen-bond donors (Lipinski definition) is 0. The van der Waals surface area contributed by atoms with Crippen molar-refractivity contribution < 1.29 is 28.6 Å². The van der Waals surface area contributed by atoms with Crippen LogP contribution in [0.3, 0.4) is 0 Å². The summed E-state index contributed by atoms with van der Waals surface area (Å²) >= 11 is 0. The zero-order chi connectivity index (χ0) is 22.4. The maximum absolute atomic E-state index is 12.5. The molecule has 2 aliphatic carbocycles. The summed E-state index contributed by atoms with van der Waals surface area (Å²) in [6.45, 7) is 15.8. The van der Waals surface area contributed by atoms with Gasteiger partial charge < -0.3 is 14.2 Å². The molecule has 0 aromatic rings. The van der Waals surface area contributed by atoms with E-state index in [4.69, 9.17) is 14.2 Å². The van der Waals surface area contributed by atoms with Gasteiger partial charge in [-0.25, -0.2) is 4.79 Å². The van der Waals surface area contributed by atoms with Gasteiger partial charge >= 0.3 is 17.9 Å². The van der Waals surface area contributed by atoms with Crippen molar-refractivity contribution in [3.8, 4) is 0 Å². The topological polar surface area (TPSA) is 78.9 Å². The molecular formula is C24H36O6. The van der Waals surface area contributed by atoms with Crippen molar-refractivity contribution in [2.45, 2.75) is 85.5 Å². The first-order chi connectivity index (χ1) is 13.9. The number of fused-ring (bicyclic) bond motifs is 2. The van der Waals surface area contributed by atoms with Crippen LogP contribution in [0.5, 0.6) is 0 Å². The Morgan fingerprint density at radius 2 is 1.87 bits per heavy atom. The predicted molar refractivity (Wildman–Crippen MR) is 111 cm³/mol. The van der Waals surface area contributed by atoms with Gasteiger partial charge in [-0.05, 0) is 24.7 Å². The molecule has 1 aliphatic heterocycles. The third-order valence-electron chi connectivity index (χ3n) is 7.23. The van der Waals surface area contributed by atoms with Gasteiger partial charge in [-0.2, -0.15) is 0 Å². The van der Waals surface area contributed by atoms with Crippen LogP contribution in [0.1, 0.15) is 67.2 Å². The number of esters is 3. The Morgan fingerprint density at radius 1 is 1.20 bits per heavy atom. The second-order valence-electron chi connectivity index (χ2n) is 10.5. The summed E-state index contributed by atoms with van der Waals surface area (Å²) in [7, 11) is 0. The fraction of sp³-hybridized carbons (Fsp3) is 0.792. The van der Waals surface area contributed by atoms with Crippen molar-refractivity contribution in [1.82, 2.24) is 0 Å². The van der Waals surface area contributed by atoms with Crippen LogP contribution in [0.4, 0.5) is 0 Å². The summed E-state index contributed by atoms with van der Waals surface area (Å²) < 4.78 is 17.5. The monoisotopic (exact) mass is 420 g/mol. The van der Waals surface area contributed by atoms with Gasteiger partial charge in [0.2, 0.25) is 0 Å². The van der Waals surface area contributed by atoms with Gasteiger partial charge in [0, 0.05) is 35.7 Å². The highest BCUT2D eigenvalue weighted by atomic mass is 16.6. The summed E-state index contributed by atoms with van der Waals surface area (Å²) in [5.74, 6) is -0.734. The molecule has 0 N–H and O–H groups in total. The van der Waals surface area contributed by atoms with Crippen LogP contribution in [-0.4, -0.2) is 36.2 Å². The first-order valence-corrected chi connectivity index (χ1v) is 11.2. The van der Waals surface area contributed by atoms with Crippen LogP contribution in [0.15, 0.2) is 12.2 Å². The Morgan fingerprint density at radius 3 is 2.47 bits per heavy atom. The summed E-state index contributed by atoms with van der Waals surface area (Å²) in [4.78, 5) is 37.1. The molecule has 168 valence electrons. The summed E-state index contributed by atoms with van der Waals surface area (Å²) in [6.07, 6.45) is 1.26. The molecule has 2 saturated carbocycles. The third kappa shape index (κ3) is 4.15. The average Bonchev–Trinajstić information content (AvgIpc) is 2.97. The number of rotatable bonds is 5. The van der Waals surface area contributed by atoms with E-state index in [9.17, 15) is 14.4 Å². The molecule has 1 saturated heterocycles. The van der Waals surface area contributed by atoms with Gasteiger partial charge in [-0.15, -0.1) is 0 Å². The quantitative estimate of drug-likeness (QED) is 0.379. The Hall–Kier alpha value is -1.85. The summed E-state index contributed by atoms with van der Waals surface area (Å²) in [5, 5.41) is 0. The summed E-state index contributed by atoms with van der Waals surface area (Å²) in [6, 6.07) is 0. The van der Waals surface area contributed by atoms with Crippen LogP contribution in [0.2, 0.25) is 0 Å². The maximum atomic E-state index is 12.5. The van der Waals surface area contributed by atoms with E-state index in [1.54, 1.807) is 0 Å². The molecule has 0 aromatic carbocycles. The van der Waals surface area contributed by atoms with Gasteiger partial charge in [0.15, 0.2) is 0 Å². The molecule has 0 radical (unpaired) electrons. The zero-order valence-electron chi connectivity index (χ0n) is 19.1. The highest BCUT2D eigenvalue weighted by Gasteiger charge is 2.61. The third-order valence-corrected chi connectivity index (χ3v) is 7.23. The lowest BCUT2D eigenvalue weighted by molar-refractivity contribution is -0.157. The molecule has 1 heterocycles. The Labute approximate surface area is 179 Å². The van der Waals surface area contributed by atoms with Gasteiger partial charge in [-0.3, -0.25) is 9.59 Å². The van der Waals surface area contributed by atoms with Gasteiger partial charge in [0.1, 0.15) is 18.3 Å². The molecule has 7 atom stereocenters. The first kappa shape index (κ1) is 22.8. The van der Waals surface area contributed by atoms with E-state index >= 15 is 0 Å². The Bertz CT molecular complexity index is 725. The van der Waals surface area contributed by atoms with Crippen molar-refractivity contribution in [3.05, 3.63) is 12.2 Å². The molecule has 30 heavy (non-hydrogen) atoms. The van der Waals surface area contributed by atoms with Crippen molar-refractivity contribution in [3.63, 3.8) is 0 Å². The van der Waals surface area contributed by atoms with Gasteiger partial charge in [0.05, 0.1) is 5.92 Å². The molecule has 0 bridgehead atoms. The average molecular weight is 421 g/mol.